The van der Waals surface area contributed by atoms with Crippen molar-refractivity contribution in [1.29, 1.82) is 0 Å². The van der Waals surface area contributed by atoms with Crippen molar-refractivity contribution in [3.63, 3.8) is 0 Å². The molecule has 0 bridgehead atoms. The minimum atomic E-state index is -0.787. The molecule has 3 aromatic rings. The van der Waals surface area contributed by atoms with Crippen LogP contribution in [-0.4, -0.2) is 50.1 Å². The molecule has 8 nitrogen and oxygen atoms in total. The molecule has 9 heteroatoms. The lowest BCUT2D eigenvalue weighted by Gasteiger charge is -2.40. The average molecular weight is 482 g/mol. The first-order valence-corrected chi connectivity index (χ1v) is 10.8. The predicted molar refractivity (Wildman–Crippen MR) is 128 cm³/mol. The number of aromatic nitrogens is 1. The van der Waals surface area contributed by atoms with Crippen LogP contribution in [0, 0.1) is 0 Å². The molecule has 0 aliphatic carbocycles. The minimum Gasteiger partial charge on any atom is -0.495 e. The maximum Gasteiger partial charge on any atom is 0.254 e. The Hall–Kier alpha value is -3.78. The molecule has 0 fully saturated rings. The van der Waals surface area contributed by atoms with E-state index in [0.29, 0.717) is 39.1 Å². The van der Waals surface area contributed by atoms with Crippen LogP contribution in [0.3, 0.4) is 0 Å². The summed E-state index contributed by atoms with van der Waals surface area (Å²) < 4.78 is 16.3. The number of likely N-dealkylation sites (N-methyl/N-ethyl adjacent to an activating group) is 1. The highest BCUT2D eigenvalue weighted by atomic mass is 35.5. The van der Waals surface area contributed by atoms with Crippen LogP contribution in [0.15, 0.2) is 54.9 Å². The number of nitrogens with zero attached hydrogens (tertiary/aromatic N) is 2. The number of halogens is 1. The topological polar surface area (TPSA) is 90.0 Å². The van der Waals surface area contributed by atoms with Gasteiger partial charge in [-0.25, -0.2) is 0 Å². The van der Waals surface area contributed by atoms with E-state index in [0.717, 1.165) is 5.56 Å². The second-order valence-electron chi connectivity index (χ2n) is 7.75. The lowest BCUT2D eigenvalue weighted by molar-refractivity contribution is -0.119. The third kappa shape index (κ3) is 4.12. The van der Waals surface area contributed by atoms with E-state index >= 15 is 0 Å². The van der Waals surface area contributed by atoms with E-state index in [9.17, 15) is 9.59 Å². The number of carbonyl (C=O) groups excluding carboxylic acids is 2. The standard InChI is InChI=1S/C25H24ClN3O5/c1-29-23(14-6-5-9-27-13-14)22(24(30)28-18-10-15(26)7-8-19(18)32-2)16-11-20(33-3)21(34-4)12-17(16)25(29)31/h5-13,22-23H,1-4H3,(H,28,30)/t22-,23-/m0/s1. The van der Waals surface area contributed by atoms with Crippen LogP contribution in [0.5, 0.6) is 17.2 Å². The van der Waals surface area contributed by atoms with E-state index in [-0.39, 0.29) is 11.8 Å². The van der Waals surface area contributed by atoms with Gasteiger partial charge in [0.05, 0.1) is 39.0 Å². The van der Waals surface area contributed by atoms with E-state index in [2.05, 4.69) is 10.3 Å². The number of benzene rings is 2. The number of carbonyl (C=O) groups is 2. The van der Waals surface area contributed by atoms with Crippen LogP contribution >= 0.6 is 11.6 Å². The smallest absolute Gasteiger partial charge is 0.254 e. The average Bonchev–Trinajstić information content (AvgIpc) is 2.85. The second-order valence-corrected chi connectivity index (χ2v) is 8.19. The third-order valence-corrected chi connectivity index (χ3v) is 6.14. The van der Waals surface area contributed by atoms with Gasteiger partial charge in [0.25, 0.3) is 5.91 Å². The zero-order valence-electron chi connectivity index (χ0n) is 19.2. The molecule has 0 saturated heterocycles. The quantitative estimate of drug-likeness (QED) is 0.564. The van der Waals surface area contributed by atoms with E-state index in [1.54, 1.807) is 60.7 Å². The van der Waals surface area contributed by atoms with Crippen molar-refractivity contribution in [3.05, 3.63) is 76.6 Å². The van der Waals surface area contributed by atoms with Crippen LogP contribution < -0.4 is 19.5 Å². The van der Waals surface area contributed by atoms with E-state index in [1.807, 2.05) is 6.07 Å². The van der Waals surface area contributed by atoms with Gasteiger partial charge >= 0.3 is 0 Å². The molecular formula is C25H24ClN3O5. The van der Waals surface area contributed by atoms with Crippen molar-refractivity contribution in [1.82, 2.24) is 9.88 Å². The number of methoxy groups -OCH3 is 3. The molecule has 2 atom stereocenters. The van der Waals surface area contributed by atoms with Gasteiger partial charge in [0.1, 0.15) is 5.75 Å². The molecule has 0 spiro atoms. The Balaban J connectivity index is 1.89. The lowest BCUT2D eigenvalue weighted by Crippen LogP contribution is -2.44. The van der Waals surface area contributed by atoms with Gasteiger partial charge in [-0.15, -0.1) is 0 Å². The normalized spacial score (nSPS) is 17.1. The molecule has 1 aliphatic heterocycles. The number of rotatable bonds is 6. The summed E-state index contributed by atoms with van der Waals surface area (Å²) in [5, 5.41) is 3.38. The molecule has 1 aromatic heterocycles. The zero-order valence-corrected chi connectivity index (χ0v) is 19.9. The number of nitrogens with one attached hydrogen (secondary N) is 1. The number of pyridine rings is 1. The molecule has 1 N–H and O–H groups in total. The van der Waals surface area contributed by atoms with E-state index in [4.69, 9.17) is 25.8 Å². The number of ether oxygens (including phenoxy) is 3. The van der Waals surface area contributed by atoms with Gasteiger partial charge < -0.3 is 24.4 Å². The van der Waals surface area contributed by atoms with E-state index in [1.165, 1.54) is 21.3 Å². The first-order chi connectivity index (χ1) is 16.4. The van der Waals surface area contributed by atoms with Crippen molar-refractivity contribution in [2.45, 2.75) is 12.0 Å². The van der Waals surface area contributed by atoms with Crippen LogP contribution in [0.4, 0.5) is 5.69 Å². The van der Waals surface area contributed by atoms with Crippen molar-refractivity contribution in [2.75, 3.05) is 33.7 Å². The number of amides is 2. The molecule has 1 aliphatic rings. The molecule has 4 rings (SSSR count). The second kappa shape index (κ2) is 9.61. The largest absolute Gasteiger partial charge is 0.495 e. The molecule has 0 saturated carbocycles. The Kier molecular flexibility index (Phi) is 6.61. The summed E-state index contributed by atoms with van der Waals surface area (Å²) in [5.74, 6) is -0.0922. The van der Waals surface area contributed by atoms with Crippen molar-refractivity contribution in [3.8, 4) is 17.2 Å². The molecule has 2 heterocycles. The maximum atomic E-state index is 13.9. The van der Waals surface area contributed by atoms with Gasteiger partial charge in [-0.3, -0.25) is 14.6 Å². The van der Waals surface area contributed by atoms with Crippen LogP contribution in [0.1, 0.15) is 33.4 Å². The van der Waals surface area contributed by atoms with Gasteiger partial charge in [0.2, 0.25) is 5.91 Å². The summed E-state index contributed by atoms with van der Waals surface area (Å²) in [6, 6.07) is 11.2. The first kappa shape index (κ1) is 23.4. The van der Waals surface area contributed by atoms with Crippen LogP contribution in [0.25, 0.3) is 0 Å². The highest BCUT2D eigenvalue weighted by Crippen LogP contribution is 2.46. The Bertz CT molecular complexity index is 1230. The number of hydrogen-bond donors (Lipinski definition) is 1. The van der Waals surface area contributed by atoms with Gasteiger partial charge in [-0.05, 0) is 47.5 Å². The molecule has 34 heavy (non-hydrogen) atoms. The highest BCUT2D eigenvalue weighted by molar-refractivity contribution is 6.31. The fourth-order valence-electron chi connectivity index (χ4n) is 4.29. The summed E-state index contributed by atoms with van der Waals surface area (Å²) in [6.07, 6.45) is 3.29. The van der Waals surface area contributed by atoms with Gasteiger partial charge in [-0.1, -0.05) is 17.7 Å². The van der Waals surface area contributed by atoms with Crippen molar-refractivity contribution >= 4 is 29.1 Å². The van der Waals surface area contributed by atoms with Gasteiger partial charge in [0.15, 0.2) is 11.5 Å². The fourth-order valence-corrected chi connectivity index (χ4v) is 4.46. The minimum absolute atomic E-state index is 0.241. The van der Waals surface area contributed by atoms with Gasteiger partial charge in [-0.2, -0.15) is 0 Å². The SMILES string of the molecule is COc1ccc(Cl)cc1NC(=O)[C@H]1c2cc(OC)c(OC)cc2C(=O)N(C)[C@H]1c1cccnc1. The van der Waals surface area contributed by atoms with Crippen LogP contribution in [-0.2, 0) is 4.79 Å². The monoisotopic (exact) mass is 481 g/mol. The van der Waals surface area contributed by atoms with Crippen LogP contribution in [0.2, 0.25) is 5.02 Å². The van der Waals surface area contributed by atoms with Crippen molar-refractivity contribution < 1.29 is 23.8 Å². The lowest BCUT2D eigenvalue weighted by atomic mass is 9.79. The third-order valence-electron chi connectivity index (χ3n) is 5.90. The summed E-state index contributed by atoms with van der Waals surface area (Å²) in [5.41, 5.74) is 2.02. The number of hydrogen-bond acceptors (Lipinski definition) is 6. The summed E-state index contributed by atoms with van der Waals surface area (Å²) in [4.78, 5) is 33.0. The molecule has 2 amide bonds. The number of fused-ring (bicyclic) bond motifs is 1. The maximum absolute atomic E-state index is 13.9. The first-order valence-electron chi connectivity index (χ1n) is 10.5. The molecule has 2 aromatic carbocycles. The Morgan fingerprint density at radius 1 is 1.03 bits per heavy atom. The van der Waals surface area contributed by atoms with Crippen molar-refractivity contribution in [2.24, 2.45) is 0 Å². The summed E-state index contributed by atoms with van der Waals surface area (Å²) >= 11 is 6.17. The molecule has 0 radical (unpaired) electrons. The molecular weight excluding hydrogens is 458 g/mol. The van der Waals surface area contributed by atoms with Gasteiger partial charge in [0, 0.05) is 30.0 Å². The fraction of sp³-hybridized carbons (Fsp3) is 0.240. The summed E-state index contributed by atoms with van der Waals surface area (Å²) in [7, 11) is 6.18. The Morgan fingerprint density at radius 2 is 1.74 bits per heavy atom. The summed E-state index contributed by atoms with van der Waals surface area (Å²) in [6.45, 7) is 0. The van der Waals surface area contributed by atoms with E-state index < -0.39 is 12.0 Å². The Morgan fingerprint density at radius 3 is 2.38 bits per heavy atom. The number of anilines is 1. The molecule has 0 unspecified atom stereocenters. The molecule has 176 valence electrons. The predicted octanol–water partition coefficient (Wildman–Crippen LogP) is 4.31. The Labute approximate surface area is 202 Å². The highest BCUT2D eigenvalue weighted by Gasteiger charge is 2.44. The zero-order chi connectivity index (χ0) is 24.4.